The van der Waals surface area contributed by atoms with Gasteiger partial charge in [0.1, 0.15) is 6.04 Å². The van der Waals surface area contributed by atoms with Crippen LogP contribution in [-0.4, -0.2) is 28.8 Å². The van der Waals surface area contributed by atoms with Crippen LogP contribution in [0.5, 0.6) is 0 Å². The van der Waals surface area contributed by atoms with Crippen molar-refractivity contribution in [3.05, 3.63) is 68.7 Å². The molecule has 1 atom stereocenters. The van der Waals surface area contributed by atoms with Crippen molar-refractivity contribution in [3.63, 3.8) is 0 Å². The molecule has 1 saturated carbocycles. The first kappa shape index (κ1) is 22.9. The summed E-state index contributed by atoms with van der Waals surface area (Å²) in [5, 5.41) is 4.53. The highest BCUT2D eigenvalue weighted by atomic mass is 35.5. The van der Waals surface area contributed by atoms with Gasteiger partial charge in [-0.3, -0.25) is 9.59 Å². The van der Waals surface area contributed by atoms with Crippen LogP contribution in [0.25, 0.3) is 0 Å². The first-order valence-electron chi connectivity index (χ1n) is 10.1. The number of amides is 2. The van der Waals surface area contributed by atoms with Gasteiger partial charge in [-0.15, -0.1) is 0 Å². The summed E-state index contributed by atoms with van der Waals surface area (Å²) in [6, 6.07) is 12.0. The minimum atomic E-state index is -0.619. The van der Waals surface area contributed by atoms with Crippen molar-refractivity contribution >= 4 is 46.6 Å². The molecule has 30 heavy (non-hydrogen) atoms. The van der Waals surface area contributed by atoms with Crippen LogP contribution in [0, 0.1) is 0 Å². The highest BCUT2D eigenvalue weighted by Gasteiger charge is 2.28. The SMILES string of the molecule is C[C@H](C(=O)NC1CCCC1)N(Cc1ccc(Cl)c(Cl)c1)C(=O)Cc1cccc(Cl)c1. The number of hydrogen-bond acceptors (Lipinski definition) is 2. The predicted molar refractivity (Wildman–Crippen MR) is 122 cm³/mol. The van der Waals surface area contributed by atoms with Crippen molar-refractivity contribution in [1.82, 2.24) is 10.2 Å². The van der Waals surface area contributed by atoms with Crippen molar-refractivity contribution in [2.75, 3.05) is 0 Å². The first-order chi connectivity index (χ1) is 14.3. The Balaban J connectivity index is 1.79. The van der Waals surface area contributed by atoms with Gasteiger partial charge in [-0.05, 0) is 55.2 Å². The van der Waals surface area contributed by atoms with Gasteiger partial charge >= 0.3 is 0 Å². The largest absolute Gasteiger partial charge is 0.352 e. The van der Waals surface area contributed by atoms with Gasteiger partial charge in [0, 0.05) is 17.6 Å². The molecule has 3 rings (SSSR count). The van der Waals surface area contributed by atoms with Crippen molar-refractivity contribution in [2.24, 2.45) is 0 Å². The Morgan fingerprint density at radius 1 is 1.03 bits per heavy atom. The van der Waals surface area contributed by atoms with Crippen LogP contribution < -0.4 is 5.32 Å². The number of nitrogens with zero attached hydrogens (tertiary/aromatic N) is 1. The van der Waals surface area contributed by atoms with E-state index in [1.165, 1.54) is 0 Å². The van der Waals surface area contributed by atoms with E-state index in [-0.39, 0.29) is 30.8 Å². The normalized spacial score (nSPS) is 15.1. The molecule has 2 aromatic rings. The summed E-state index contributed by atoms with van der Waals surface area (Å²) in [5.74, 6) is -0.293. The molecule has 0 aromatic heterocycles. The number of hydrogen-bond donors (Lipinski definition) is 1. The zero-order chi connectivity index (χ0) is 21.7. The number of carbonyl (C=O) groups is 2. The first-order valence-corrected chi connectivity index (χ1v) is 11.2. The fraction of sp³-hybridized carbons (Fsp3) is 0.391. The van der Waals surface area contributed by atoms with Crippen molar-refractivity contribution in [3.8, 4) is 0 Å². The third-order valence-electron chi connectivity index (χ3n) is 5.45. The molecule has 0 radical (unpaired) electrons. The lowest BCUT2D eigenvalue weighted by Crippen LogP contribution is -2.50. The minimum Gasteiger partial charge on any atom is -0.352 e. The van der Waals surface area contributed by atoms with Crippen LogP contribution in [0.4, 0.5) is 0 Å². The van der Waals surface area contributed by atoms with E-state index < -0.39 is 6.04 Å². The van der Waals surface area contributed by atoms with E-state index in [4.69, 9.17) is 34.8 Å². The van der Waals surface area contributed by atoms with E-state index in [1.807, 2.05) is 18.2 Å². The minimum absolute atomic E-state index is 0.138. The van der Waals surface area contributed by atoms with E-state index in [2.05, 4.69) is 5.32 Å². The summed E-state index contributed by atoms with van der Waals surface area (Å²) < 4.78 is 0. The average molecular weight is 468 g/mol. The molecule has 1 aliphatic carbocycles. The van der Waals surface area contributed by atoms with Gasteiger partial charge < -0.3 is 10.2 Å². The second-order valence-corrected chi connectivity index (χ2v) is 8.99. The molecule has 0 spiro atoms. The molecule has 2 amide bonds. The molecule has 0 unspecified atom stereocenters. The lowest BCUT2D eigenvalue weighted by molar-refractivity contribution is -0.140. The molecular weight excluding hydrogens is 443 g/mol. The van der Waals surface area contributed by atoms with Crippen LogP contribution in [0.3, 0.4) is 0 Å². The Labute approximate surface area is 192 Å². The van der Waals surface area contributed by atoms with Gasteiger partial charge in [0.25, 0.3) is 0 Å². The zero-order valence-electron chi connectivity index (χ0n) is 16.8. The van der Waals surface area contributed by atoms with E-state index in [0.717, 1.165) is 36.8 Å². The van der Waals surface area contributed by atoms with Gasteiger partial charge in [0.05, 0.1) is 16.5 Å². The summed E-state index contributed by atoms with van der Waals surface area (Å²) in [6.07, 6.45) is 4.38. The lowest BCUT2D eigenvalue weighted by Gasteiger charge is -2.30. The summed E-state index contributed by atoms with van der Waals surface area (Å²) >= 11 is 18.2. The molecule has 1 fully saturated rings. The molecule has 1 aliphatic rings. The smallest absolute Gasteiger partial charge is 0.242 e. The number of halogens is 3. The molecule has 0 bridgehead atoms. The fourth-order valence-electron chi connectivity index (χ4n) is 3.73. The predicted octanol–water partition coefficient (Wildman–Crippen LogP) is 5.67. The van der Waals surface area contributed by atoms with Crippen LogP contribution in [0.1, 0.15) is 43.7 Å². The molecular formula is C23H25Cl3N2O2. The molecule has 7 heteroatoms. The second kappa shape index (κ2) is 10.5. The van der Waals surface area contributed by atoms with E-state index in [0.29, 0.717) is 15.1 Å². The lowest BCUT2D eigenvalue weighted by atomic mass is 10.1. The summed E-state index contributed by atoms with van der Waals surface area (Å²) in [5.41, 5.74) is 1.61. The van der Waals surface area contributed by atoms with Gasteiger partial charge in [-0.1, -0.05) is 65.8 Å². The Morgan fingerprint density at radius 3 is 2.43 bits per heavy atom. The topological polar surface area (TPSA) is 49.4 Å². The van der Waals surface area contributed by atoms with Crippen molar-refractivity contribution < 1.29 is 9.59 Å². The van der Waals surface area contributed by atoms with Gasteiger partial charge in [0.2, 0.25) is 11.8 Å². The zero-order valence-corrected chi connectivity index (χ0v) is 19.1. The molecule has 0 aliphatic heterocycles. The number of benzene rings is 2. The van der Waals surface area contributed by atoms with Crippen LogP contribution >= 0.6 is 34.8 Å². The highest BCUT2D eigenvalue weighted by Crippen LogP contribution is 2.24. The Kier molecular flexibility index (Phi) is 8.04. The summed E-state index contributed by atoms with van der Waals surface area (Å²) in [6.45, 7) is 2.02. The summed E-state index contributed by atoms with van der Waals surface area (Å²) in [4.78, 5) is 27.7. The molecule has 4 nitrogen and oxygen atoms in total. The number of nitrogens with one attached hydrogen (secondary N) is 1. The molecule has 0 heterocycles. The van der Waals surface area contributed by atoms with Crippen LogP contribution in [0.2, 0.25) is 15.1 Å². The Hall–Kier alpha value is -1.75. The fourth-order valence-corrected chi connectivity index (χ4v) is 4.27. The molecule has 1 N–H and O–H groups in total. The number of carbonyl (C=O) groups excluding carboxylic acids is 2. The molecule has 160 valence electrons. The maximum absolute atomic E-state index is 13.2. The van der Waals surface area contributed by atoms with Crippen molar-refractivity contribution in [2.45, 2.75) is 57.7 Å². The third-order valence-corrected chi connectivity index (χ3v) is 6.42. The Bertz CT molecular complexity index is 913. The standard InChI is InChI=1S/C23H25Cl3N2O2/c1-15(23(30)27-19-7-2-3-8-19)28(14-17-9-10-20(25)21(26)12-17)22(29)13-16-5-4-6-18(24)11-16/h4-6,9-12,15,19H,2-3,7-8,13-14H2,1H3,(H,27,30)/t15-/m1/s1. The van der Waals surface area contributed by atoms with Gasteiger partial charge in [-0.2, -0.15) is 0 Å². The Morgan fingerprint density at radius 2 is 1.77 bits per heavy atom. The van der Waals surface area contributed by atoms with Crippen LogP contribution in [0.15, 0.2) is 42.5 Å². The molecule has 2 aromatic carbocycles. The highest BCUT2D eigenvalue weighted by molar-refractivity contribution is 6.42. The van der Waals surface area contributed by atoms with E-state index in [1.54, 1.807) is 36.1 Å². The third kappa shape index (κ3) is 6.13. The van der Waals surface area contributed by atoms with E-state index >= 15 is 0 Å². The summed E-state index contributed by atoms with van der Waals surface area (Å²) in [7, 11) is 0. The maximum atomic E-state index is 13.2. The second-order valence-electron chi connectivity index (χ2n) is 7.74. The van der Waals surface area contributed by atoms with Crippen molar-refractivity contribution in [1.29, 1.82) is 0 Å². The van der Waals surface area contributed by atoms with E-state index in [9.17, 15) is 9.59 Å². The quantitative estimate of drug-likeness (QED) is 0.571. The number of rotatable bonds is 7. The van der Waals surface area contributed by atoms with Gasteiger partial charge in [-0.25, -0.2) is 0 Å². The van der Waals surface area contributed by atoms with Gasteiger partial charge in [0.15, 0.2) is 0 Å². The molecule has 0 saturated heterocycles. The monoisotopic (exact) mass is 466 g/mol. The average Bonchev–Trinajstić information content (AvgIpc) is 3.21. The van der Waals surface area contributed by atoms with Crippen LogP contribution in [-0.2, 0) is 22.6 Å². The maximum Gasteiger partial charge on any atom is 0.242 e.